The quantitative estimate of drug-likeness (QED) is 0.585. The molecule has 1 atom stereocenters. The molecule has 1 aromatic carbocycles. The average molecular weight is 331 g/mol. The highest BCUT2D eigenvalue weighted by Gasteiger charge is 2.71. The molecule has 0 spiro atoms. The zero-order chi connectivity index (χ0) is 17.5. The Balaban J connectivity index is 3.62. The molecule has 1 unspecified atom stereocenters. The van der Waals surface area contributed by atoms with Crippen molar-refractivity contribution < 1.29 is 41.4 Å². The number of rotatable bonds is 4. The van der Waals surface area contributed by atoms with Crippen LogP contribution in [0.1, 0.15) is 28.4 Å². The van der Waals surface area contributed by atoms with Gasteiger partial charge in [0.05, 0.1) is 5.56 Å². The van der Waals surface area contributed by atoms with E-state index in [0.717, 1.165) is 0 Å². The molecule has 0 aliphatic heterocycles. The van der Waals surface area contributed by atoms with Crippen molar-refractivity contribution in [1.29, 1.82) is 0 Å². The van der Waals surface area contributed by atoms with Gasteiger partial charge < -0.3 is 15.9 Å². The normalized spacial score (nSPS) is 15.5. The molecule has 22 heavy (non-hydrogen) atoms. The molecule has 0 saturated carbocycles. The molecule has 0 amide bonds. The summed E-state index contributed by atoms with van der Waals surface area (Å²) in [6.07, 6.45) is -6.37. The van der Waals surface area contributed by atoms with Crippen LogP contribution in [0.5, 0.6) is 0 Å². The van der Waals surface area contributed by atoms with E-state index in [0.29, 0.717) is 6.07 Å². The SMILES string of the molecule is CCc1cc(C(F)(F)C(O)(F)C(F)(F)F)cc(C(=O)O)c1N. The highest BCUT2D eigenvalue weighted by Crippen LogP contribution is 2.49. The third-order valence-electron chi connectivity index (χ3n) is 3.03. The number of aliphatic hydroxyl groups is 1. The van der Waals surface area contributed by atoms with Crippen molar-refractivity contribution in [1.82, 2.24) is 0 Å². The van der Waals surface area contributed by atoms with E-state index < -0.39 is 40.7 Å². The van der Waals surface area contributed by atoms with Gasteiger partial charge in [0, 0.05) is 11.3 Å². The predicted octanol–water partition coefficient (Wildman–Crippen LogP) is 2.84. The fourth-order valence-electron chi connectivity index (χ4n) is 1.73. The summed E-state index contributed by atoms with van der Waals surface area (Å²) in [6, 6.07) is 0.533. The first-order valence-corrected chi connectivity index (χ1v) is 5.79. The number of carboxylic acid groups (broad SMARTS) is 1. The molecule has 1 aromatic rings. The van der Waals surface area contributed by atoms with Crippen LogP contribution >= 0.6 is 0 Å². The Morgan fingerprint density at radius 2 is 1.68 bits per heavy atom. The zero-order valence-corrected chi connectivity index (χ0v) is 11.0. The van der Waals surface area contributed by atoms with Gasteiger partial charge in [0.15, 0.2) is 0 Å². The lowest BCUT2D eigenvalue weighted by atomic mass is 9.94. The molecule has 1 rings (SSSR count). The van der Waals surface area contributed by atoms with E-state index in [-0.39, 0.29) is 18.1 Å². The smallest absolute Gasteiger partial charge is 0.455 e. The van der Waals surface area contributed by atoms with Gasteiger partial charge in [0.2, 0.25) is 0 Å². The maximum atomic E-state index is 13.7. The van der Waals surface area contributed by atoms with E-state index in [1.165, 1.54) is 6.92 Å². The number of carboxylic acids is 1. The number of halogens is 6. The van der Waals surface area contributed by atoms with E-state index >= 15 is 0 Å². The summed E-state index contributed by atoms with van der Waals surface area (Å²) < 4.78 is 77.6. The number of nitrogen functional groups attached to an aromatic ring is 1. The topological polar surface area (TPSA) is 83.5 Å². The van der Waals surface area contributed by atoms with Crippen molar-refractivity contribution >= 4 is 11.7 Å². The van der Waals surface area contributed by atoms with Crippen LogP contribution in [0.3, 0.4) is 0 Å². The van der Waals surface area contributed by atoms with Gasteiger partial charge in [-0.1, -0.05) is 6.92 Å². The molecular weight excluding hydrogens is 320 g/mol. The number of aromatic carboxylic acids is 1. The molecule has 0 aliphatic carbocycles. The molecule has 4 nitrogen and oxygen atoms in total. The summed E-state index contributed by atoms with van der Waals surface area (Å²) in [5, 5.41) is 17.4. The van der Waals surface area contributed by atoms with Crippen LogP contribution in [0.25, 0.3) is 0 Å². The van der Waals surface area contributed by atoms with Gasteiger partial charge in [-0.2, -0.15) is 26.3 Å². The van der Waals surface area contributed by atoms with E-state index in [9.17, 15) is 31.1 Å². The number of anilines is 1. The molecule has 0 bridgehead atoms. The third kappa shape index (κ3) is 2.70. The number of alkyl halides is 6. The van der Waals surface area contributed by atoms with Gasteiger partial charge in [-0.15, -0.1) is 0 Å². The zero-order valence-electron chi connectivity index (χ0n) is 11.0. The van der Waals surface area contributed by atoms with Crippen LogP contribution in [-0.4, -0.2) is 28.2 Å². The number of hydrogen-bond acceptors (Lipinski definition) is 3. The van der Waals surface area contributed by atoms with Crippen LogP contribution in [0.2, 0.25) is 0 Å². The largest absolute Gasteiger partial charge is 0.478 e. The summed E-state index contributed by atoms with van der Waals surface area (Å²) in [6.45, 7) is 1.38. The minimum absolute atomic E-state index is 0.0905. The fraction of sp³-hybridized carbons (Fsp3) is 0.417. The minimum Gasteiger partial charge on any atom is -0.478 e. The highest BCUT2D eigenvalue weighted by atomic mass is 19.4. The van der Waals surface area contributed by atoms with Gasteiger partial charge in [0.1, 0.15) is 0 Å². The van der Waals surface area contributed by atoms with Gasteiger partial charge in [-0.25, -0.2) is 4.79 Å². The third-order valence-corrected chi connectivity index (χ3v) is 3.03. The minimum atomic E-state index is -6.28. The lowest BCUT2D eigenvalue weighted by molar-refractivity contribution is -0.390. The van der Waals surface area contributed by atoms with Crippen molar-refractivity contribution in [3.05, 3.63) is 28.8 Å². The molecule has 0 radical (unpaired) electrons. The van der Waals surface area contributed by atoms with Gasteiger partial charge in [0.25, 0.3) is 0 Å². The fourth-order valence-corrected chi connectivity index (χ4v) is 1.73. The second-order valence-corrected chi connectivity index (χ2v) is 4.45. The van der Waals surface area contributed by atoms with Crippen molar-refractivity contribution in [2.45, 2.75) is 31.3 Å². The standard InChI is InChI=1S/C12H11F6NO3/c1-2-5-3-6(4-7(8(5)19)9(20)21)10(13,14)11(15,22)12(16,17)18/h3-4,22H,2,19H2,1H3,(H,20,21). The summed E-state index contributed by atoms with van der Waals surface area (Å²) in [4.78, 5) is 10.9. The average Bonchev–Trinajstić information content (AvgIpc) is 2.36. The number of nitrogens with two attached hydrogens (primary N) is 1. The number of carbonyl (C=O) groups is 1. The maximum absolute atomic E-state index is 13.7. The highest BCUT2D eigenvalue weighted by molar-refractivity contribution is 5.94. The molecular formula is C12H11F6NO3. The van der Waals surface area contributed by atoms with E-state index in [1.807, 2.05) is 0 Å². The maximum Gasteiger partial charge on any atom is 0.455 e. The Hall–Kier alpha value is -1.97. The molecule has 0 aliphatic rings. The summed E-state index contributed by atoms with van der Waals surface area (Å²) in [5.74, 6) is -13.1. The van der Waals surface area contributed by atoms with Crippen LogP contribution in [0.15, 0.2) is 12.1 Å². The molecule has 0 aromatic heterocycles. The van der Waals surface area contributed by atoms with Crippen molar-refractivity contribution in [2.75, 3.05) is 5.73 Å². The first kappa shape index (κ1) is 18.1. The second kappa shape index (κ2) is 5.34. The molecule has 0 heterocycles. The Bertz CT molecular complexity index is 597. The second-order valence-electron chi connectivity index (χ2n) is 4.45. The number of benzene rings is 1. The first-order valence-electron chi connectivity index (χ1n) is 5.79. The lowest BCUT2D eigenvalue weighted by Gasteiger charge is -2.31. The summed E-state index contributed by atoms with van der Waals surface area (Å²) >= 11 is 0. The van der Waals surface area contributed by atoms with Crippen molar-refractivity contribution in [2.24, 2.45) is 0 Å². The van der Waals surface area contributed by atoms with E-state index in [1.54, 1.807) is 0 Å². The Labute approximate surface area is 120 Å². The van der Waals surface area contributed by atoms with E-state index in [4.69, 9.17) is 15.9 Å². The molecule has 124 valence electrons. The van der Waals surface area contributed by atoms with E-state index in [2.05, 4.69) is 0 Å². The Kier molecular flexibility index (Phi) is 4.39. The lowest BCUT2D eigenvalue weighted by Crippen LogP contribution is -2.53. The van der Waals surface area contributed by atoms with Gasteiger partial charge in [-0.05, 0) is 24.1 Å². The van der Waals surface area contributed by atoms with Crippen molar-refractivity contribution in [3.63, 3.8) is 0 Å². The van der Waals surface area contributed by atoms with Crippen LogP contribution < -0.4 is 5.73 Å². The Morgan fingerprint density at radius 3 is 2.05 bits per heavy atom. The monoisotopic (exact) mass is 331 g/mol. The van der Waals surface area contributed by atoms with Crippen LogP contribution in [0, 0.1) is 0 Å². The first-order chi connectivity index (χ1) is 9.77. The molecule has 10 heteroatoms. The molecule has 4 N–H and O–H groups in total. The van der Waals surface area contributed by atoms with Crippen LogP contribution in [-0.2, 0) is 12.3 Å². The van der Waals surface area contributed by atoms with Crippen LogP contribution in [0.4, 0.5) is 32.0 Å². The number of aryl methyl sites for hydroxylation is 1. The Morgan fingerprint density at radius 1 is 1.18 bits per heavy atom. The van der Waals surface area contributed by atoms with Gasteiger partial charge in [-0.3, -0.25) is 0 Å². The summed E-state index contributed by atoms with van der Waals surface area (Å²) in [5.41, 5.74) is 2.20. The van der Waals surface area contributed by atoms with Crippen molar-refractivity contribution in [3.8, 4) is 0 Å². The summed E-state index contributed by atoms with van der Waals surface area (Å²) in [7, 11) is 0. The predicted molar refractivity (Wildman–Crippen MR) is 63.2 cm³/mol. The number of hydrogen-bond donors (Lipinski definition) is 3. The molecule has 0 fully saturated rings. The van der Waals surface area contributed by atoms with Gasteiger partial charge >= 0.3 is 23.9 Å². The molecule has 0 saturated heterocycles.